The Morgan fingerprint density at radius 2 is 1.96 bits per heavy atom. The van der Waals surface area contributed by atoms with Crippen LogP contribution in [0, 0.1) is 18.6 Å². The second kappa shape index (κ2) is 8.35. The third-order valence-electron chi connectivity index (χ3n) is 4.48. The van der Waals surface area contributed by atoms with Crippen molar-refractivity contribution in [2.75, 3.05) is 7.11 Å². The molecule has 0 saturated heterocycles. The van der Waals surface area contributed by atoms with Crippen LogP contribution in [-0.2, 0) is 22.7 Å². The van der Waals surface area contributed by atoms with Crippen molar-refractivity contribution >= 4 is 11.6 Å². The third-order valence-corrected chi connectivity index (χ3v) is 4.48. The minimum absolute atomic E-state index is 0.137. The average Bonchev–Trinajstić information content (AvgIpc) is 3.00. The van der Waals surface area contributed by atoms with Gasteiger partial charge < -0.3 is 9.47 Å². The molecule has 3 rings (SSSR count). The Balaban J connectivity index is 1.83. The summed E-state index contributed by atoms with van der Waals surface area (Å²) in [5.74, 6) is -1.27. The predicted octanol–water partition coefficient (Wildman–Crippen LogP) is 3.15. The second-order valence-corrected chi connectivity index (χ2v) is 6.32. The van der Waals surface area contributed by atoms with Gasteiger partial charge in [-0.05, 0) is 38.1 Å². The molecular weight excluding hydrogens is 368 g/mol. The number of carbonyl (C=O) groups excluding carboxylic acids is 1. The summed E-state index contributed by atoms with van der Waals surface area (Å²) in [5.41, 5.74) is 1.98. The van der Waals surface area contributed by atoms with Gasteiger partial charge in [0.1, 0.15) is 24.3 Å². The molecule has 0 aliphatic rings. The molecule has 0 radical (unpaired) electrons. The number of aromatic nitrogens is 2. The Bertz CT molecular complexity index is 984. The normalized spacial score (nSPS) is 12.2. The van der Waals surface area contributed by atoms with E-state index in [-0.39, 0.29) is 18.1 Å². The van der Waals surface area contributed by atoms with Crippen LogP contribution >= 0.6 is 0 Å². The van der Waals surface area contributed by atoms with Gasteiger partial charge in [-0.1, -0.05) is 6.07 Å². The van der Waals surface area contributed by atoms with Gasteiger partial charge in [0.2, 0.25) is 0 Å². The summed E-state index contributed by atoms with van der Waals surface area (Å²) in [5, 5.41) is 3.09. The van der Waals surface area contributed by atoms with Crippen molar-refractivity contribution in [3.63, 3.8) is 0 Å². The molecule has 1 aromatic carbocycles. The first kappa shape index (κ1) is 19.8. The number of carbonyl (C=O) groups is 1. The first-order chi connectivity index (χ1) is 13.4. The van der Waals surface area contributed by atoms with Crippen LogP contribution in [0.2, 0.25) is 0 Å². The number of rotatable bonds is 7. The van der Waals surface area contributed by atoms with Crippen molar-refractivity contribution in [1.82, 2.24) is 14.7 Å². The predicted molar refractivity (Wildman–Crippen MR) is 98.9 cm³/mol. The maximum absolute atomic E-state index is 13.8. The average molecular weight is 389 g/mol. The van der Waals surface area contributed by atoms with Crippen LogP contribution in [0.3, 0.4) is 0 Å². The summed E-state index contributed by atoms with van der Waals surface area (Å²) in [7, 11) is 1.34. The smallest absolute Gasteiger partial charge is 0.322 e. The number of fused-ring (bicyclic) bond motifs is 1. The van der Waals surface area contributed by atoms with E-state index >= 15 is 0 Å². The molecule has 0 aliphatic heterocycles. The van der Waals surface area contributed by atoms with Crippen LogP contribution in [0.25, 0.3) is 5.65 Å². The maximum Gasteiger partial charge on any atom is 0.322 e. The summed E-state index contributed by atoms with van der Waals surface area (Å²) >= 11 is 0. The molecule has 6 nitrogen and oxygen atoms in total. The van der Waals surface area contributed by atoms with Crippen LogP contribution in [0.4, 0.5) is 8.78 Å². The van der Waals surface area contributed by atoms with Crippen molar-refractivity contribution < 1.29 is 23.0 Å². The van der Waals surface area contributed by atoms with Gasteiger partial charge in [-0.15, -0.1) is 0 Å². The Morgan fingerprint density at radius 1 is 1.25 bits per heavy atom. The van der Waals surface area contributed by atoms with Gasteiger partial charge in [0.25, 0.3) is 0 Å². The quantitative estimate of drug-likeness (QED) is 0.629. The molecular formula is C20H21F2N3O3. The minimum atomic E-state index is -0.659. The third kappa shape index (κ3) is 3.96. The molecule has 0 bridgehead atoms. The van der Waals surface area contributed by atoms with Gasteiger partial charge in [0.15, 0.2) is 11.4 Å². The molecule has 0 fully saturated rings. The highest BCUT2D eigenvalue weighted by Crippen LogP contribution is 2.24. The Labute approximate surface area is 161 Å². The van der Waals surface area contributed by atoms with Gasteiger partial charge in [0, 0.05) is 12.7 Å². The molecule has 2 aromatic heterocycles. The van der Waals surface area contributed by atoms with Crippen LogP contribution < -0.4 is 10.1 Å². The fraction of sp³-hybridized carbons (Fsp3) is 0.300. The number of hydrogen-bond acceptors (Lipinski definition) is 5. The van der Waals surface area contributed by atoms with Crippen LogP contribution in [0.15, 0.2) is 36.5 Å². The lowest BCUT2D eigenvalue weighted by atomic mass is 10.2. The lowest BCUT2D eigenvalue weighted by Gasteiger charge is -2.12. The molecule has 3 aromatic rings. The lowest BCUT2D eigenvalue weighted by molar-refractivity contribution is -0.142. The van der Waals surface area contributed by atoms with Gasteiger partial charge in [0.05, 0.1) is 24.1 Å². The monoisotopic (exact) mass is 389 g/mol. The van der Waals surface area contributed by atoms with E-state index in [1.807, 2.05) is 17.5 Å². The molecule has 1 N–H and O–H groups in total. The molecule has 2 heterocycles. The highest BCUT2D eigenvalue weighted by Gasteiger charge is 2.17. The Morgan fingerprint density at radius 3 is 2.64 bits per heavy atom. The number of hydrogen-bond donors (Lipinski definition) is 1. The molecule has 0 amide bonds. The topological polar surface area (TPSA) is 64.9 Å². The maximum atomic E-state index is 13.8. The molecule has 0 aliphatic carbocycles. The van der Waals surface area contributed by atoms with E-state index in [0.717, 1.165) is 11.4 Å². The van der Waals surface area contributed by atoms with Crippen molar-refractivity contribution in [1.29, 1.82) is 0 Å². The SMILES string of the molecule is COC(=O)C(C)NCc1c(C)nc2c(OCc3c(F)cccc3F)cccn12. The van der Waals surface area contributed by atoms with E-state index in [1.54, 1.807) is 19.1 Å². The summed E-state index contributed by atoms with van der Waals surface area (Å²) in [6.07, 6.45) is 1.81. The number of pyridine rings is 1. The fourth-order valence-electron chi connectivity index (χ4n) is 2.86. The number of esters is 1. The number of benzene rings is 1. The van der Waals surface area contributed by atoms with E-state index < -0.39 is 17.7 Å². The zero-order valence-corrected chi connectivity index (χ0v) is 15.8. The molecule has 0 spiro atoms. The van der Waals surface area contributed by atoms with Crippen molar-refractivity contribution in [3.8, 4) is 5.75 Å². The first-order valence-electron chi connectivity index (χ1n) is 8.75. The highest BCUT2D eigenvalue weighted by molar-refractivity contribution is 5.75. The van der Waals surface area contributed by atoms with Gasteiger partial charge in [-0.25, -0.2) is 13.8 Å². The first-order valence-corrected chi connectivity index (χ1v) is 8.75. The number of nitrogens with one attached hydrogen (secondary N) is 1. The molecule has 28 heavy (non-hydrogen) atoms. The molecule has 148 valence electrons. The lowest BCUT2D eigenvalue weighted by Crippen LogP contribution is -2.34. The molecule has 8 heteroatoms. The van der Waals surface area contributed by atoms with Crippen LogP contribution in [-0.4, -0.2) is 28.5 Å². The largest absolute Gasteiger partial charge is 0.485 e. The van der Waals surface area contributed by atoms with Gasteiger partial charge in [-0.2, -0.15) is 0 Å². The van der Waals surface area contributed by atoms with E-state index in [0.29, 0.717) is 17.9 Å². The van der Waals surface area contributed by atoms with E-state index in [4.69, 9.17) is 9.47 Å². The zero-order chi connectivity index (χ0) is 20.3. The number of methoxy groups -OCH3 is 1. The summed E-state index contributed by atoms with van der Waals surface area (Å²) in [4.78, 5) is 16.1. The van der Waals surface area contributed by atoms with Crippen molar-refractivity contribution in [2.24, 2.45) is 0 Å². The number of ether oxygens (including phenoxy) is 2. The molecule has 1 unspecified atom stereocenters. The Hall–Kier alpha value is -3.00. The number of nitrogens with zero attached hydrogens (tertiary/aromatic N) is 2. The van der Waals surface area contributed by atoms with E-state index in [9.17, 15) is 13.6 Å². The molecule has 1 atom stereocenters. The van der Waals surface area contributed by atoms with Crippen LogP contribution in [0.5, 0.6) is 5.75 Å². The number of halogens is 2. The fourth-order valence-corrected chi connectivity index (χ4v) is 2.86. The summed E-state index contributed by atoms with van der Waals surface area (Å²) in [6, 6.07) is 6.66. The number of aryl methyl sites for hydroxylation is 1. The highest BCUT2D eigenvalue weighted by atomic mass is 19.1. The Kier molecular flexibility index (Phi) is 5.89. The van der Waals surface area contributed by atoms with Crippen molar-refractivity contribution in [2.45, 2.75) is 33.0 Å². The molecule has 0 saturated carbocycles. The number of imidazole rings is 1. The van der Waals surface area contributed by atoms with Gasteiger partial charge in [-0.3, -0.25) is 14.5 Å². The summed E-state index contributed by atoms with van der Waals surface area (Å²) in [6.45, 7) is 3.68. The van der Waals surface area contributed by atoms with Gasteiger partial charge >= 0.3 is 5.97 Å². The van der Waals surface area contributed by atoms with Crippen LogP contribution in [0.1, 0.15) is 23.9 Å². The summed E-state index contributed by atoms with van der Waals surface area (Å²) < 4.78 is 39.8. The standard InChI is InChI=1S/C20H21F2N3O3/c1-12-17(10-23-13(2)20(26)27-3)25-9-5-8-18(19(25)24-12)28-11-14-15(21)6-4-7-16(14)22/h4-9,13,23H,10-11H2,1-3H3. The zero-order valence-electron chi connectivity index (χ0n) is 15.8. The van der Waals surface area contributed by atoms with E-state index in [1.165, 1.54) is 25.3 Å². The second-order valence-electron chi connectivity index (χ2n) is 6.32. The minimum Gasteiger partial charge on any atom is -0.485 e. The van der Waals surface area contributed by atoms with Crippen molar-refractivity contribution in [3.05, 3.63) is 65.1 Å². The van der Waals surface area contributed by atoms with E-state index in [2.05, 4.69) is 10.3 Å².